The van der Waals surface area contributed by atoms with Crippen LogP contribution in [0.25, 0.3) is 10.6 Å². The molecular formula is C8H7N3OS. The van der Waals surface area contributed by atoms with Gasteiger partial charge in [-0.15, -0.1) is 0 Å². The van der Waals surface area contributed by atoms with Crippen LogP contribution in [0.3, 0.4) is 0 Å². The predicted molar refractivity (Wildman–Crippen MR) is 50.7 cm³/mol. The quantitative estimate of drug-likeness (QED) is 0.740. The van der Waals surface area contributed by atoms with Crippen LogP contribution in [0.2, 0.25) is 0 Å². The molecule has 0 saturated carbocycles. The highest BCUT2D eigenvalue weighted by Gasteiger charge is 2.06. The van der Waals surface area contributed by atoms with Crippen molar-refractivity contribution in [3.05, 3.63) is 34.5 Å². The lowest BCUT2D eigenvalue weighted by atomic mass is 10.3. The zero-order chi connectivity index (χ0) is 9.26. The molecule has 5 heteroatoms. The van der Waals surface area contributed by atoms with Crippen LogP contribution in [0.5, 0.6) is 0 Å². The number of aryl methyl sites for hydroxylation is 1. The Kier molecular flexibility index (Phi) is 1.94. The summed E-state index contributed by atoms with van der Waals surface area (Å²) in [5.74, 6) is 0. The number of H-pyrrole nitrogens is 1. The van der Waals surface area contributed by atoms with Crippen LogP contribution in [0, 0.1) is 6.92 Å². The number of aromatic amines is 1. The SMILES string of the molecule is Cc1cc(-c2ncc[nH]c2=O)sn1. The van der Waals surface area contributed by atoms with E-state index in [9.17, 15) is 4.79 Å². The molecule has 0 aromatic carbocycles. The van der Waals surface area contributed by atoms with Gasteiger partial charge in [0, 0.05) is 12.4 Å². The normalized spacial score (nSPS) is 10.2. The van der Waals surface area contributed by atoms with Crippen molar-refractivity contribution in [3.8, 4) is 10.6 Å². The van der Waals surface area contributed by atoms with Crippen molar-refractivity contribution in [1.82, 2.24) is 14.3 Å². The topological polar surface area (TPSA) is 58.6 Å². The first kappa shape index (κ1) is 8.12. The second-order valence-electron chi connectivity index (χ2n) is 2.60. The molecule has 0 unspecified atom stereocenters. The molecule has 1 N–H and O–H groups in total. The summed E-state index contributed by atoms with van der Waals surface area (Å²) in [6.07, 6.45) is 3.07. The van der Waals surface area contributed by atoms with Crippen molar-refractivity contribution in [2.24, 2.45) is 0 Å². The van der Waals surface area contributed by atoms with E-state index >= 15 is 0 Å². The number of hydrogen-bond acceptors (Lipinski definition) is 4. The average Bonchev–Trinajstić information content (AvgIpc) is 2.53. The molecule has 0 atom stereocenters. The molecule has 0 radical (unpaired) electrons. The number of rotatable bonds is 1. The van der Waals surface area contributed by atoms with Crippen molar-refractivity contribution in [1.29, 1.82) is 0 Å². The Bertz CT molecular complexity index is 474. The molecule has 0 amide bonds. The van der Waals surface area contributed by atoms with Crippen LogP contribution in [0.1, 0.15) is 5.69 Å². The van der Waals surface area contributed by atoms with Crippen molar-refractivity contribution in [3.63, 3.8) is 0 Å². The Labute approximate surface area is 78.5 Å². The lowest BCUT2D eigenvalue weighted by Crippen LogP contribution is -2.08. The number of nitrogens with zero attached hydrogens (tertiary/aromatic N) is 2. The molecule has 2 aromatic rings. The fourth-order valence-corrected chi connectivity index (χ4v) is 1.75. The minimum Gasteiger partial charge on any atom is -0.326 e. The molecule has 0 aliphatic heterocycles. The lowest BCUT2D eigenvalue weighted by molar-refractivity contribution is 1.15. The Morgan fingerprint density at radius 3 is 3.00 bits per heavy atom. The van der Waals surface area contributed by atoms with Crippen molar-refractivity contribution in [2.75, 3.05) is 0 Å². The molecule has 0 saturated heterocycles. The van der Waals surface area contributed by atoms with Gasteiger partial charge in [-0.1, -0.05) is 0 Å². The van der Waals surface area contributed by atoms with Gasteiger partial charge in [-0.2, -0.15) is 4.37 Å². The zero-order valence-electron chi connectivity index (χ0n) is 6.94. The van der Waals surface area contributed by atoms with E-state index in [1.165, 1.54) is 17.7 Å². The fraction of sp³-hybridized carbons (Fsp3) is 0.125. The van der Waals surface area contributed by atoms with Gasteiger partial charge in [0.1, 0.15) is 5.69 Å². The van der Waals surface area contributed by atoms with Gasteiger partial charge >= 0.3 is 0 Å². The summed E-state index contributed by atoms with van der Waals surface area (Å²) in [4.78, 5) is 18.7. The minimum atomic E-state index is -0.175. The van der Waals surface area contributed by atoms with Crippen LogP contribution in [0.15, 0.2) is 23.3 Å². The summed E-state index contributed by atoms with van der Waals surface area (Å²) >= 11 is 1.28. The van der Waals surface area contributed by atoms with E-state index in [0.717, 1.165) is 10.6 Å². The first-order chi connectivity index (χ1) is 6.27. The van der Waals surface area contributed by atoms with Crippen molar-refractivity contribution >= 4 is 11.5 Å². The summed E-state index contributed by atoms with van der Waals surface area (Å²) in [5.41, 5.74) is 1.17. The molecule has 0 aliphatic rings. The number of aromatic nitrogens is 3. The summed E-state index contributed by atoms with van der Waals surface area (Å²) < 4.78 is 4.08. The van der Waals surface area contributed by atoms with Gasteiger partial charge < -0.3 is 4.98 Å². The molecule has 4 nitrogen and oxygen atoms in total. The van der Waals surface area contributed by atoms with Gasteiger partial charge in [0.05, 0.1) is 10.6 Å². The van der Waals surface area contributed by atoms with Crippen molar-refractivity contribution < 1.29 is 0 Å². The third-order valence-electron chi connectivity index (χ3n) is 1.57. The third kappa shape index (κ3) is 1.50. The minimum absolute atomic E-state index is 0.175. The van der Waals surface area contributed by atoms with Crippen LogP contribution >= 0.6 is 11.5 Å². The smallest absolute Gasteiger partial charge is 0.275 e. The molecule has 13 heavy (non-hydrogen) atoms. The molecular weight excluding hydrogens is 186 g/mol. The maximum atomic E-state index is 11.3. The van der Waals surface area contributed by atoms with Gasteiger partial charge in [0.15, 0.2) is 0 Å². The van der Waals surface area contributed by atoms with Gasteiger partial charge in [-0.25, -0.2) is 4.98 Å². The molecule has 2 heterocycles. The zero-order valence-corrected chi connectivity index (χ0v) is 7.76. The van der Waals surface area contributed by atoms with E-state index in [-0.39, 0.29) is 5.56 Å². The second kappa shape index (κ2) is 3.10. The maximum Gasteiger partial charge on any atom is 0.275 e. The number of hydrogen-bond donors (Lipinski definition) is 1. The van der Waals surface area contributed by atoms with E-state index in [2.05, 4.69) is 14.3 Å². The Morgan fingerprint density at radius 2 is 2.38 bits per heavy atom. The van der Waals surface area contributed by atoms with E-state index in [0.29, 0.717) is 5.69 Å². The largest absolute Gasteiger partial charge is 0.326 e. The van der Waals surface area contributed by atoms with Gasteiger partial charge in [-0.05, 0) is 24.5 Å². The molecule has 0 fully saturated rings. The van der Waals surface area contributed by atoms with E-state index < -0.39 is 0 Å². The molecule has 2 rings (SSSR count). The summed E-state index contributed by atoms with van der Waals surface area (Å²) in [7, 11) is 0. The highest BCUT2D eigenvalue weighted by atomic mass is 32.1. The van der Waals surface area contributed by atoms with Crippen LogP contribution in [0.4, 0.5) is 0 Å². The third-order valence-corrected chi connectivity index (χ3v) is 2.46. The monoisotopic (exact) mass is 193 g/mol. The lowest BCUT2D eigenvalue weighted by Gasteiger charge is -1.90. The highest BCUT2D eigenvalue weighted by Crippen LogP contribution is 2.18. The molecule has 66 valence electrons. The first-order valence-corrected chi connectivity index (χ1v) is 4.52. The van der Waals surface area contributed by atoms with Crippen LogP contribution in [-0.2, 0) is 0 Å². The number of nitrogens with one attached hydrogen (secondary N) is 1. The Morgan fingerprint density at radius 1 is 1.54 bits per heavy atom. The molecule has 2 aromatic heterocycles. The predicted octanol–water partition coefficient (Wildman–Crippen LogP) is 1.20. The fourth-order valence-electron chi connectivity index (χ4n) is 1.00. The summed E-state index contributed by atoms with van der Waals surface area (Å²) in [6.45, 7) is 1.89. The van der Waals surface area contributed by atoms with Crippen LogP contribution < -0.4 is 5.56 Å². The van der Waals surface area contributed by atoms with Gasteiger partial charge in [-0.3, -0.25) is 4.79 Å². The maximum absolute atomic E-state index is 11.3. The van der Waals surface area contributed by atoms with E-state index in [1.807, 2.05) is 13.0 Å². The van der Waals surface area contributed by atoms with Gasteiger partial charge in [0.2, 0.25) is 0 Å². The highest BCUT2D eigenvalue weighted by molar-refractivity contribution is 7.09. The van der Waals surface area contributed by atoms with Gasteiger partial charge in [0.25, 0.3) is 5.56 Å². The summed E-state index contributed by atoms with van der Waals surface area (Å²) in [5, 5.41) is 0. The Balaban J connectivity index is 2.59. The van der Waals surface area contributed by atoms with Crippen molar-refractivity contribution in [2.45, 2.75) is 6.92 Å². The average molecular weight is 193 g/mol. The first-order valence-electron chi connectivity index (χ1n) is 3.75. The second-order valence-corrected chi connectivity index (χ2v) is 3.40. The van der Waals surface area contributed by atoms with Crippen LogP contribution in [-0.4, -0.2) is 14.3 Å². The molecule has 0 bridgehead atoms. The van der Waals surface area contributed by atoms with E-state index in [4.69, 9.17) is 0 Å². The summed E-state index contributed by atoms with van der Waals surface area (Å²) in [6, 6.07) is 1.85. The molecule has 0 aliphatic carbocycles. The van der Waals surface area contributed by atoms with E-state index in [1.54, 1.807) is 6.20 Å². The Hall–Kier alpha value is -1.49. The molecule has 0 spiro atoms. The standard InChI is InChI=1S/C8H7N3OS/c1-5-4-6(13-11-5)7-8(12)10-3-2-9-7/h2-4H,1H3,(H,10,12).